The van der Waals surface area contributed by atoms with Crippen LogP contribution in [0.1, 0.15) is 46.0 Å². The lowest BCUT2D eigenvalue weighted by atomic mass is 10.1. The Bertz CT molecular complexity index is 623. The summed E-state index contributed by atoms with van der Waals surface area (Å²) in [6.45, 7) is 19.0. The fourth-order valence-corrected chi connectivity index (χ4v) is 2.86. The summed E-state index contributed by atoms with van der Waals surface area (Å²) in [5.41, 5.74) is 2.80. The highest BCUT2D eigenvalue weighted by atomic mass is 16.5. The Hall–Kier alpha value is -2.31. The Kier molecular flexibility index (Phi) is 16.1. The molecule has 1 amide bonds. The second-order valence-electron chi connectivity index (χ2n) is 7.99. The van der Waals surface area contributed by atoms with Crippen molar-refractivity contribution < 1.29 is 9.53 Å². The van der Waals surface area contributed by atoms with Crippen molar-refractivity contribution in [2.75, 3.05) is 40.9 Å². The molecule has 0 rings (SSSR count). The number of hydrogen-bond acceptors (Lipinski definition) is 5. The molecule has 0 aromatic carbocycles. The van der Waals surface area contributed by atoms with Gasteiger partial charge in [0.25, 0.3) is 0 Å². The first-order chi connectivity index (χ1) is 14.7. The molecule has 1 unspecified atom stereocenters. The first-order valence-electron chi connectivity index (χ1n) is 11.0. The van der Waals surface area contributed by atoms with E-state index >= 15 is 0 Å². The summed E-state index contributed by atoms with van der Waals surface area (Å²) in [5.74, 6) is 0.790. The van der Waals surface area contributed by atoms with Crippen LogP contribution in [-0.2, 0) is 9.53 Å². The minimum absolute atomic E-state index is 0.187. The van der Waals surface area contributed by atoms with Gasteiger partial charge in [0.2, 0.25) is 6.41 Å². The molecule has 0 radical (unpaired) electrons. The van der Waals surface area contributed by atoms with Crippen LogP contribution in [0.5, 0.6) is 0 Å². The van der Waals surface area contributed by atoms with Gasteiger partial charge in [0.15, 0.2) is 0 Å². The Morgan fingerprint density at radius 2 is 1.77 bits per heavy atom. The van der Waals surface area contributed by atoms with Gasteiger partial charge in [0.05, 0.1) is 5.82 Å². The number of nitrogens with one attached hydrogen (secondary N) is 2. The molecular formula is C25H44N4O2. The molecule has 176 valence electrons. The summed E-state index contributed by atoms with van der Waals surface area (Å²) in [6.07, 6.45) is 11.3. The largest absolute Gasteiger partial charge is 0.381 e. The van der Waals surface area contributed by atoms with Crippen molar-refractivity contribution >= 4 is 6.41 Å². The average molecular weight is 433 g/mol. The molecule has 0 saturated heterocycles. The second kappa shape index (κ2) is 17.4. The van der Waals surface area contributed by atoms with Crippen LogP contribution in [0, 0.1) is 0 Å². The highest BCUT2D eigenvalue weighted by Crippen LogP contribution is 2.20. The Labute approximate surface area is 190 Å². The van der Waals surface area contributed by atoms with Gasteiger partial charge in [-0.05, 0) is 72.2 Å². The lowest BCUT2D eigenvalue weighted by molar-refractivity contribution is -0.109. The predicted molar refractivity (Wildman–Crippen MR) is 132 cm³/mol. The summed E-state index contributed by atoms with van der Waals surface area (Å²) in [6, 6.07) is 0.187. The van der Waals surface area contributed by atoms with Crippen LogP contribution in [0.15, 0.2) is 60.8 Å². The Morgan fingerprint density at radius 1 is 1.10 bits per heavy atom. The molecule has 0 saturated carbocycles. The molecule has 0 fully saturated rings. The number of ether oxygens (including phenoxy) is 1. The van der Waals surface area contributed by atoms with Crippen molar-refractivity contribution in [1.82, 2.24) is 20.4 Å². The van der Waals surface area contributed by atoms with Gasteiger partial charge in [0.1, 0.15) is 0 Å². The number of nitrogens with zero attached hydrogens (tertiary/aromatic N) is 2. The maximum Gasteiger partial charge on any atom is 0.211 e. The maximum absolute atomic E-state index is 10.5. The number of likely N-dealkylation sites (N-methyl/N-ethyl adjacent to an activating group) is 1. The molecule has 2 N–H and O–H groups in total. The first-order valence-corrected chi connectivity index (χ1v) is 11.0. The molecule has 0 aromatic rings. The van der Waals surface area contributed by atoms with Gasteiger partial charge in [-0.3, -0.25) is 4.79 Å². The van der Waals surface area contributed by atoms with Crippen LogP contribution in [0.2, 0.25) is 0 Å². The van der Waals surface area contributed by atoms with Gasteiger partial charge in [-0.25, -0.2) is 0 Å². The fourth-order valence-electron chi connectivity index (χ4n) is 2.86. The monoisotopic (exact) mass is 432 g/mol. The van der Waals surface area contributed by atoms with Crippen molar-refractivity contribution in [3.05, 3.63) is 60.8 Å². The van der Waals surface area contributed by atoms with Gasteiger partial charge in [-0.15, -0.1) is 0 Å². The third-order valence-electron chi connectivity index (χ3n) is 4.85. The van der Waals surface area contributed by atoms with Crippen LogP contribution >= 0.6 is 0 Å². The molecule has 6 heteroatoms. The molecule has 31 heavy (non-hydrogen) atoms. The van der Waals surface area contributed by atoms with E-state index < -0.39 is 0 Å². The van der Waals surface area contributed by atoms with Crippen molar-refractivity contribution in [1.29, 1.82) is 0 Å². The molecular weight excluding hydrogens is 388 g/mol. The van der Waals surface area contributed by atoms with E-state index in [4.69, 9.17) is 4.74 Å². The fraction of sp³-hybridized carbons (Fsp3) is 0.560. The van der Waals surface area contributed by atoms with E-state index in [2.05, 4.69) is 62.4 Å². The molecule has 0 aliphatic heterocycles. The summed E-state index contributed by atoms with van der Waals surface area (Å²) in [4.78, 5) is 14.6. The van der Waals surface area contributed by atoms with E-state index in [1.807, 2.05) is 31.0 Å². The maximum atomic E-state index is 10.5. The molecule has 0 aliphatic rings. The number of amides is 1. The van der Waals surface area contributed by atoms with Gasteiger partial charge in [0, 0.05) is 37.7 Å². The quantitative estimate of drug-likeness (QED) is 0.182. The SMILES string of the molecule is C=C(CCC(C)NC(=C)N(C)C(=C)/C(=C\C=C/C)CCCOCCCN(C)C)NC=O. The zero-order valence-electron chi connectivity index (χ0n) is 20.4. The van der Waals surface area contributed by atoms with Crippen LogP contribution in [0.3, 0.4) is 0 Å². The van der Waals surface area contributed by atoms with Crippen LogP contribution < -0.4 is 10.6 Å². The summed E-state index contributed by atoms with van der Waals surface area (Å²) >= 11 is 0. The van der Waals surface area contributed by atoms with Gasteiger partial charge in [-0.2, -0.15) is 0 Å². The highest BCUT2D eigenvalue weighted by Gasteiger charge is 2.13. The molecule has 0 heterocycles. The summed E-state index contributed by atoms with van der Waals surface area (Å²) < 4.78 is 5.76. The van der Waals surface area contributed by atoms with Crippen molar-refractivity contribution in [3.8, 4) is 0 Å². The number of hydrogen-bond donors (Lipinski definition) is 2. The molecule has 0 aliphatic carbocycles. The lowest BCUT2D eigenvalue weighted by Gasteiger charge is -2.29. The van der Waals surface area contributed by atoms with E-state index in [9.17, 15) is 4.79 Å². The Balaban J connectivity index is 4.59. The van der Waals surface area contributed by atoms with Gasteiger partial charge < -0.3 is 25.2 Å². The third kappa shape index (κ3) is 14.3. The summed E-state index contributed by atoms with van der Waals surface area (Å²) in [5, 5.41) is 6.00. The predicted octanol–water partition coefficient (Wildman–Crippen LogP) is 4.17. The van der Waals surface area contributed by atoms with Crippen molar-refractivity contribution in [2.45, 2.75) is 52.0 Å². The molecule has 6 nitrogen and oxygen atoms in total. The van der Waals surface area contributed by atoms with Crippen molar-refractivity contribution in [3.63, 3.8) is 0 Å². The Morgan fingerprint density at radius 3 is 2.39 bits per heavy atom. The van der Waals surface area contributed by atoms with E-state index in [1.54, 1.807) is 0 Å². The molecule has 1 atom stereocenters. The number of carbonyl (C=O) groups is 1. The highest BCUT2D eigenvalue weighted by molar-refractivity contribution is 5.49. The summed E-state index contributed by atoms with van der Waals surface area (Å²) in [7, 11) is 6.12. The molecule has 0 aromatic heterocycles. The van der Waals surface area contributed by atoms with Crippen molar-refractivity contribution in [2.24, 2.45) is 0 Å². The number of rotatable bonds is 19. The van der Waals surface area contributed by atoms with Crippen LogP contribution in [-0.4, -0.2) is 63.2 Å². The van der Waals surface area contributed by atoms with Gasteiger partial charge >= 0.3 is 0 Å². The first kappa shape index (κ1) is 28.7. The number of carbonyl (C=O) groups excluding carboxylic acids is 1. The van der Waals surface area contributed by atoms with Crippen LogP contribution in [0.25, 0.3) is 0 Å². The minimum Gasteiger partial charge on any atom is -0.381 e. The zero-order chi connectivity index (χ0) is 23.6. The smallest absolute Gasteiger partial charge is 0.211 e. The second-order valence-corrected chi connectivity index (χ2v) is 7.99. The topological polar surface area (TPSA) is 56.8 Å². The lowest BCUT2D eigenvalue weighted by Crippen LogP contribution is -2.34. The average Bonchev–Trinajstić information content (AvgIpc) is 2.72. The van der Waals surface area contributed by atoms with E-state index in [-0.39, 0.29) is 6.04 Å². The number of allylic oxidation sites excluding steroid dienone is 5. The van der Waals surface area contributed by atoms with Crippen LogP contribution in [0.4, 0.5) is 0 Å². The molecule has 0 spiro atoms. The van der Waals surface area contributed by atoms with E-state index in [0.29, 0.717) is 18.5 Å². The van der Waals surface area contributed by atoms with Gasteiger partial charge in [-0.1, -0.05) is 38.0 Å². The third-order valence-corrected chi connectivity index (χ3v) is 4.85. The molecule has 0 bridgehead atoms. The standard InChI is InChI=1S/C25H44N4O2/c1-9-10-13-25(14-11-18-31-19-12-17-28(6)7)23(4)29(8)24(5)27-22(3)16-15-21(2)26-20-30/h9-10,13,20,22,27H,2,4-5,11-12,14-19H2,1,3,6-8H3,(H,26,30)/b10-9-,25-13-. The zero-order valence-corrected chi connectivity index (χ0v) is 20.4. The normalized spacial score (nSPS) is 12.6. The minimum atomic E-state index is 0.187. The van der Waals surface area contributed by atoms with E-state index in [1.165, 1.54) is 0 Å². The van der Waals surface area contributed by atoms with E-state index in [0.717, 1.165) is 62.5 Å².